The van der Waals surface area contributed by atoms with Crippen LogP contribution in [0.3, 0.4) is 0 Å². The fourth-order valence-electron chi connectivity index (χ4n) is 2.61. The lowest BCUT2D eigenvalue weighted by molar-refractivity contribution is 0.226. The molecule has 4 nitrogen and oxygen atoms in total. The Kier molecular flexibility index (Phi) is 4.08. The average molecular weight is 291 g/mol. The third kappa shape index (κ3) is 3.04. The molecule has 20 heavy (non-hydrogen) atoms. The number of nitrogens with one attached hydrogen (secondary N) is 1. The van der Waals surface area contributed by atoms with E-state index in [9.17, 15) is 0 Å². The Hall–Kier alpha value is -1.33. The summed E-state index contributed by atoms with van der Waals surface area (Å²) in [6, 6.07) is 6.03. The number of anilines is 1. The van der Waals surface area contributed by atoms with Crippen molar-refractivity contribution in [1.29, 1.82) is 0 Å². The zero-order valence-corrected chi connectivity index (χ0v) is 12.9. The fourth-order valence-corrected chi connectivity index (χ4v) is 3.51. The van der Waals surface area contributed by atoms with Crippen LogP contribution in [0.4, 0.5) is 5.13 Å². The molecule has 0 unspecified atom stereocenters. The minimum absolute atomic E-state index is 0.771. The highest BCUT2D eigenvalue weighted by atomic mass is 32.1. The van der Waals surface area contributed by atoms with Crippen LogP contribution >= 0.6 is 11.3 Å². The van der Waals surface area contributed by atoms with Gasteiger partial charge in [-0.1, -0.05) is 11.3 Å². The van der Waals surface area contributed by atoms with E-state index in [4.69, 9.17) is 4.74 Å². The number of thiazole rings is 1. The van der Waals surface area contributed by atoms with E-state index in [1.165, 1.54) is 30.6 Å². The molecule has 1 aliphatic rings. The van der Waals surface area contributed by atoms with Crippen molar-refractivity contribution in [2.75, 3.05) is 39.1 Å². The quantitative estimate of drug-likeness (QED) is 0.939. The molecule has 1 aromatic heterocycles. The molecule has 1 aliphatic heterocycles. The maximum absolute atomic E-state index is 5.25. The maximum Gasteiger partial charge on any atom is 0.183 e. The topological polar surface area (TPSA) is 37.4 Å². The van der Waals surface area contributed by atoms with E-state index in [1.807, 2.05) is 18.2 Å². The number of hydrogen-bond donors (Lipinski definition) is 1. The molecule has 0 radical (unpaired) electrons. The second kappa shape index (κ2) is 5.97. The Morgan fingerprint density at radius 3 is 2.95 bits per heavy atom. The molecule has 0 spiro atoms. The first-order valence-corrected chi connectivity index (χ1v) is 7.93. The Morgan fingerprint density at radius 2 is 2.20 bits per heavy atom. The van der Waals surface area contributed by atoms with E-state index in [1.54, 1.807) is 18.4 Å². The summed E-state index contributed by atoms with van der Waals surface area (Å²) in [7, 11) is 3.89. The van der Waals surface area contributed by atoms with E-state index in [2.05, 4.69) is 22.2 Å². The molecule has 2 aromatic rings. The molecule has 2 heterocycles. The standard InChI is InChI=1S/C15H21N3OS/c1-18-7-5-11(6-8-18)10-16-15-17-13-4-3-12(19-2)9-14(13)20-15/h3-4,9,11H,5-8,10H2,1-2H3,(H,16,17). The minimum Gasteiger partial charge on any atom is -0.497 e. The lowest BCUT2D eigenvalue weighted by atomic mass is 9.97. The first-order valence-electron chi connectivity index (χ1n) is 7.11. The summed E-state index contributed by atoms with van der Waals surface area (Å²) in [5.41, 5.74) is 1.04. The number of likely N-dealkylation sites (tertiary alicyclic amines) is 1. The van der Waals surface area contributed by atoms with Gasteiger partial charge in [-0.15, -0.1) is 0 Å². The van der Waals surface area contributed by atoms with Crippen molar-refractivity contribution in [1.82, 2.24) is 9.88 Å². The first-order chi connectivity index (χ1) is 9.74. The zero-order chi connectivity index (χ0) is 13.9. The largest absolute Gasteiger partial charge is 0.497 e. The number of fused-ring (bicyclic) bond motifs is 1. The second-order valence-electron chi connectivity index (χ2n) is 5.48. The average Bonchev–Trinajstić information content (AvgIpc) is 2.88. The third-order valence-electron chi connectivity index (χ3n) is 3.98. The number of aromatic nitrogens is 1. The van der Waals surface area contributed by atoms with Crippen LogP contribution in [0.5, 0.6) is 5.75 Å². The molecule has 0 aliphatic carbocycles. The summed E-state index contributed by atoms with van der Waals surface area (Å²) in [5, 5.41) is 4.52. The summed E-state index contributed by atoms with van der Waals surface area (Å²) in [6.07, 6.45) is 2.56. The minimum atomic E-state index is 0.771. The highest BCUT2D eigenvalue weighted by Gasteiger charge is 2.16. The van der Waals surface area contributed by atoms with E-state index >= 15 is 0 Å². The van der Waals surface area contributed by atoms with E-state index < -0.39 is 0 Å². The van der Waals surface area contributed by atoms with Crippen LogP contribution in [0.15, 0.2) is 18.2 Å². The van der Waals surface area contributed by atoms with Crippen LogP contribution in [0, 0.1) is 5.92 Å². The maximum atomic E-state index is 5.25. The Balaban J connectivity index is 1.62. The molecule has 1 fully saturated rings. The molecule has 108 valence electrons. The van der Waals surface area contributed by atoms with Crippen molar-refractivity contribution in [2.45, 2.75) is 12.8 Å². The molecule has 0 bridgehead atoms. The van der Waals surface area contributed by atoms with Crippen molar-refractivity contribution in [3.05, 3.63) is 18.2 Å². The molecule has 1 aromatic carbocycles. The Morgan fingerprint density at radius 1 is 1.40 bits per heavy atom. The van der Waals surface area contributed by atoms with Crippen LogP contribution in [0.25, 0.3) is 10.2 Å². The summed E-state index contributed by atoms with van der Waals surface area (Å²) in [6.45, 7) is 3.46. The first kappa shape index (κ1) is 13.6. The molecule has 1 N–H and O–H groups in total. The fraction of sp³-hybridized carbons (Fsp3) is 0.533. The van der Waals surface area contributed by atoms with Gasteiger partial charge in [0.15, 0.2) is 5.13 Å². The summed E-state index contributed by atoms with van der Waals surface area (Å²) >= 11 is 1.70. The molecule has 1 saturated heterocycles. The Labute approximate surface area is 123 Å². The van der Waals surface area contributed by atoms with Crippen LogP contribution in [-0.2, 0) is 0 Å². The second-order valence-corrected chi connectivity index (χ2v) is 6.51. The number of methoxy groups -OCH3 is 1. The third-order valence-corrected chi connectivity index (χ3v) is 4.95. The van der Waals surface area contributed by atoms with Crippen molar-refractivity contribution < 1.29 is 4.74 Å². The predicted octanol–water partition coefficient (Wildman–Crippen LogP) is 3.06. The summed E-state index contributed by atoms with van der Waals surface area (Å²) < 4.78 is 6.43. The van der Waals surface area contributed by atoms with Crippen molar-refractivity contribution in [2.24, 2.45) is 5.92 Å². The van der Waals surface area contributed by atoms with E-state index in [-0.39, 0.29) is 0 Å². The van der Waals surface area contributed by atoms with Gasteiger partial charge in [-0.2, -0.15) is 0 Å². The highest BCUT2D eigenvalue weighted by molar-refractivity contribution is 7.22. The molecule has 5 heteroatoms. The van der Waals surface area contributed by atoms with Gasteiger partial charge < -0.3 is 15.0 Å². The number of piperidine rings is 1. The van der Waals surface area contributed by atoms with Crippen LogP contribution in [0.1, 0.15) is 12.8 Å². The molecule has 0 saturated carbocycles. The normalized spacial score (nSPS) is 17.5. The van der Waals surface area contributed by atoms with Crippen LogP contribution in [0.2, 0.25) is 0 Å². The number of nitrogens with zero attached hydrogens (tertiary/aromatic N) is 2. The van der Waals surface area contributed by atoms with Gasteiger partial charge in [0, 0.05) is 6.54 Å². The zero-order valence-electron chi connectivity index (χ0n) is 12.1. The molecule has 0 atom stereocenters. The van der Waals surface area contributed by atoms with Gasteiger partial charge in [-0.3, -0.25) is 0 Å². The van der Waals surface area contributed by atoms with Gasteiger partial charge >= 0.3 is 0 Å². The van der Waals surface area contributed by atoms with Gasteiger partial charge in [0.2, 0.25) is 0 Å². The smallest absolute Gasteiger partial charge is 0.183 e. The SMILES string of the molecule is COc1ccc2nc(NCC3CCN(C)CC3)sc2c1. The lowest BCUT2D eigenvalue weighted by Crippen LogP contribution is -2.32. The lowest BCUT2D eigenvalue weighted by Gasteiger charge is -2.28. The molecule has 0 amide bonds. The van der Waals surface area contributed by atoms with Gasteiger partial charge in [0.05, 0.1) is 17.3 Å². The van der Waals surface area contributed by atoms with Crippen LogP contribution < -0.4 is 10.1 Å². The number of rotatable bonds is 4. The summed E-state index contributed by atoms with van der Waals surface area (Å²) in [4.78, 5) is 7.03. The number of benzene rings is 1. The van der Waals surface area contributed by atoms with Crippen molar-refractivity contribution >= 4 is 26.7 Å². The van der Waals surface area contributed by atoms with Gasteiger partial charge in [0.25, 0.3) is 0 Å². The molecular weight excluding hydrogens is 270 g/mol. The molecular formula is C15H21N3OS. The van der Waals surface area contributed by atoms with Gasteiger partial charge in [-0.25, -0.2) is 4.98 Å². The van der Waals surface area contributed by atoms with Crippen LogP contribution in [-0.4, -0.2) is 43.7 Å². The highest BCUT2D eigenvalue weighted by Crippen LogP contribution is 2.29. The molecule has 3 rings (SSSR count). The predicted molar refractivity (Wildman–Crippen MR) is 84.9 cm³/mol. The van der Waals surface area contributed by atoms with E-state index in [0.29, 0.717) is 0 Å². The Bertz CT molecular complexity index is 576. The van der Waals surface area contributed by atoms with E-state index in [0.717, 1.165) is 28.9 Å². The number of ether oxygens (including phenoxy) is 1. The monoisotopic (exact) mass is 291 g/mol. The van der Waals surface area contributed by atoms with Gasteiger partial charge in [-0.05, 0) is 57.1 Å². The van der Waals surface area contributed by atoms with Crippen molar-refractivity contribution in [3.8, 4) is 5.75 Å². The number of hydrogen-bond acceptors (Lipinski definition) is 5. The van der Waals surface area contributed by atoms with Gasteiger partial charge in [0.1, 0.15) is 5.75 Å². The van der Waals surface area contributed by atoms with Crippen molar-refractivity contribution in [3.63, 3.8) is 0 Å². The summed E-state index contributed by atoms with van der Waals surface area (Å²) in [5.74, 6) is 1.66.